The fraction of sp³-hybridized carbons (Fsp3) is 0.200. The summed E-state index contributed by atoms with van der Waals surface area (Å²) in [5.74, 6) is -0.177. The number of azo groups is 1. The van der Waals surface area contributed by atoms with E-state index in [1.54, 1.807) is 0 Å². The van der Waals surface area contributed by atoms with E-state index in [0.717, 1.165) is 0 Å². The highest BCUT2D eigenvalue weighted by Crippen LogP contribution is 2.26. The summed E-state index contributed by atoms with van der Waals surface area (Å²) in [6, 6.07) is 0. The summed E-state index contributed by atoms with van der Waals surface area (Å²) in [5, 5.41) is 16.9. The van der Waals surface area contributed by atoms with Gasteiger partial charge in [-0.15, -0.1) is 10.2 Å². The highest BCUT2D eigenvalue weighted by Gasteiger charge is 2.31. The molecule has 7 heteroatoms. The molecule has 0 unspecified atom stereocenters. The number of fused-ring (bicyclic) bond motifs is 1. The van der Waals surface area contributed by atoms with Gasteiger partial charge >= 0.3 is 0 Å². The molecule has 0 spiro atoms. The molecule has 0 bridgehead atoms. The third-order valence-electron chi connectivity index (χ3n) is 1.47. The minimum atomic E-state index is -0.491. The van der Waals surface area contributed by atoms with Crippen molar-refractivity contribution in [3.05, 3.63) is 9.28 Å². The third-order valence-corrected chi connectivity index (χ3v) is 2.22. The maximum atomic E-state index is 11.2. The van der Waals surface area contributed by atoms with Crippen molar-refractivity contribution >= 4 is 34.3 Å². The number of halogens is 1. The molecule has 2 heterocycles. The number of rotatable bonds is 0. The van der Waals surface area contributed by atoms with Gasteiger partial charge in [-0.25, -0.2) is 4.99 Å². The molecule has 1 amide bonds. The van der Waals surface area contributed by atoms with Crippen LogP contribution in [-0.2, 0) is 4.79 Å². The van der Waals surface area contributed by atoms with Crippen LogP contribution in [0.1, 0.15) is 0 Å². The molecule has 2 aliphatic rings. The van der Waals surface area contributed by atoms with Crippen LogP contribution in [0.5, 0.6) is 0 Å². The van der Waals surface area contributed by atoms with Crippen molar-refractivity contribution in [1.82, 2.24) is 5.06 Å². The lowest BCUT2D eigenvalue weighted by atomic mass is 10.2. The second kappa shape index (κ2) is 2.59. The molecule has 12 heavy (non-hydrogen) atoms. The van der Waals surface area contributed by atoms with E-state index in [1.807, 2.05) is 22.6 Å². The Hall–Kier alpha value is -0.830. The van der Waals surface area contributed by atoms with E-state index >= 15 is 0 Å². The standard InChI is InChI=1S/C5H3IN4O2/c6-3-2-4(9-8-3)7-1-10(12)5(2)11/h12H,1H2. The summed E-state index contributed by atoms with van der Waals surface area (Å²) >= 11 is 1.87. The summed E-state index contributed by atoms with van der Waals surface area (Å²) in [6.07, 6.45) is 0. The second-order valence-corrected chi connectivity index (χ2v) is 3.22. The quantitative estimate of drug-likeness (QED) is 0.402. The molecule has 1 N–H and O–H groups in total. The molecule has 62 valence electrons. The molecular weight excluding hydrogens is 275 g/mol. The van der Waals surface area contributed by atoms with Gasteiger partial charge in [0.15, 0.2) is 5.84 Å². The summed E-state index contributed by atoms with van der Waals surface area (Å²) < 4.78 is 0.468. The van der Waals surface area contributed by atoms with Gasteiger partial charge in [0.25, 0.3) is 5.91 Å². The molecule has 0 aromatic rings. The summed E-state index contributed by atoms with van der Waals surface area (Å²) in [4.78, 5) is 15.1. The largest absolute Gasteiger partial charge is 0.285 e. The number of hydrogen-bond donors (Lipinski definition) is 1. The molecule has 0 saturated carbocycles. The maximum absolute atomic E-state index is 11.2. The molecular formula is C5H3IN4O2. The molecule has 0 radical (unpaired) electrons. The molecule has 0 saturated heterocycles. The Balaban J connectivity index is 2.52. The fourth-order valence-electron chi connectivity index (χ4n) is 0.905. The van der Waals surface area contributed by atoms with Crippen LogP contribution < -0.4 is 0 Å². The second-order valence-electron chi connectivity index (χ2n) is 2.19. The van der Waals surface area contributed by atoms with Crippen LogP contribution in [0.2, 0.25) is 0 Å². The maximum Gasteiger partial charge on any atom is 0.285 e. The van der Waals surface area contributed by atoms with Crippen molar-refractivity contribution in [2.45, 2.75) is 0 Å². The van der Waals surface area contributed by atoms with Gasteiger partial charge in [-0.2, -0.15) is 5.06 Å². The fourth-order valence-corrected chi connectivity index (χ4v) is 1.49. The summed E-state index contributed by atoms with van der Waals surface area (Å²) in [7, 11) is 0. The molecule has 0 aliphatic carbocycles. The Bertz CT molecular complexity index is 345. The van der Waals surface area contributed by atoms with Crippen LogP contribution in [0.25, 0.3) is 0 Å². The predicted octanol–water partition coefficient (Wildman–Crippen LogP) is 0.686. The molecule has 2 aliphatic heterocycles. The number of nitrogens with zero attached hydrogens (tertiary/aromatic N) is 4. The minimum absolute atomic E-state index is 0.0688. The van der Waals surface area contributed by atoms with Gasteiger partial charge in [-0.1, -0.05) is 0 Å². The smallest absolute Gasteiger partial charge is 0.284 e. The van der Waals surface area contributed by atoms with E-state index in [9.17, 15) is 4.79 Å². The average molecular weight is 278 g/mol. The van der Waals surface area contributed by atoms with Crippen LogP contribution >= 0.6 is 22.6 Å². The number of hydroxylamine groups is 2. The van der Waals surface area contributed by atoms with E-state index in [4.69, 9.17) is 5.21 Å². The first-order valence-electron chi connectivity index (χ1n) is 3.07. The van der Waals surface area contributed by atoms with Crippen LogP contribution in [-0.4, -0.2) is 28.7 Å². The van der Waals surface area contributed by atoms with Gasteiger partial charge in [0.2, 0.25) is 0 Å². The lowest BCUT2D eigenvalue weighted by molar-refractivity contribution is -0.160. The average Bonchev–Trinajstić information content (AvgIpc) is 2.41. The predicted molar refractivity (Wildman–Crippen MR) is 46.8 cm³/mol. The first-order valence-corrected chi connectivity index (χ1v) is 4.15. The van der Waals surface area contributed by atoms with Gasteiger partial charge in [0, 0.05) is 0 Å². The lowest BCUT2D eigenvalue weighted by Crippen LogP contribution is -2.35. The highest BCUT2D eigenvalue weighted by atomic mass is 127. The van der Waals surface area contributed by atoms with Gasteiger partial charge in [0.1, 0.15) is 15.9 Å². The van der Waals surface area contributed by atoms with Gasteiger partial charge in [-0.05, 0) is 22.6 Å². The SMILES string of the molecule is O=C1C2=C(I)N=NC2=NCN1O. The molecule has 0 atom stereocenters. The molecule has 6 nitrogen and oxygen atoms in total. The van der Waals surface area contributed by atoms with Crippen molar-refractivity contribution < 1.29 is 10.0 Å². The lowest BCUT2D eigenvalue weighted by Gasteiger charge is -2.16. The first kappa shape index (κ1) is 7.80. The Morgan fingerprint density at radius 2 is 2.25 bits per heavy atom. The monoisotopic (exact) mass is 278 g/mol. The van der Waals surface area contributed by atoms with E-state index in [0.29, 0.717) is 14.6 Å². The number of aliphatic imine (C=N–C) groups is 1. The van der Waals surface area contributed by atoms with Crippen LogP contribution in [0.4, 0.5) is 0 Å². The zero-order valence-corrected chi connectivity index (χ0v) is 7.89. The van der Waals surface area contributed by atoms with Gasteiger partial charge in [0.05, 0.1) is 0 Å². The Kier molecular flexibility index (Phi) is 1.68. The zero-order valence-electron chi connectivity index (χ0n) is 5.73. The van der Waals surface area contributed by atoms with Crippen molar-refractivity contribution in [1.29, 1.82) is 0 Å². The first-order chi connectivity index (χ1) is 5.70. The van der Waals surface area contributed by atoms with E-state index in [1.165, 1.54) is 0 Å². The molecule has 0 fully saturated rings. The van der Waals surface area contributed by atoms with E-state index < -0.39 is 5.91 Å². The summed E-state index contributed by atoms with van der Waals surface area (Å²) in [6.45, 7) is -0.0688. The van der Waals surface area contributed by atoms with E-state index in [-0.39, 0.29) is 12.2 Å². The third kappa shape index (κ3) is 0.966. The number of hydrogen-bond acceptors (Lipinski definition) is 5. The highest BCUT2D eigenvalue weighted by molar-refractivity contribution is 14.1. The van der Waals surface area contributed by atoms with Crippen LogP contribution in [0.15, 0.2) is 24.5 Å². The van der Waals surface area contributed by atoms with Crippen LogP contribution in [0.3, 0.4) is 0 Å². The van der Waals surface area contributed by atoms with Gasteiger partial charge < -0.3 is 0 Å². The summed E-state index contributed by atoms with van der Waals surface area (Å²) in [5.41, 5.74) is 0.282. The van der Waals surface area contributed by atoms with Crippen molar-refractivity contribution in [3.8, 4) is 0 Å². The van der Waals surface area contributed by atoms with Crippen molar-refractivity contribution in [2.75, 3.05) is 6.67 Å². The van der Waals surface area contributed by atoms with Crippen LogP contribution in [0, 0.1) is 0 Å². The van der Waals surface area contributed by atoms with Crippen molar-refractivity contribution in [3.63, 3.8) is 0 Å². The Morgan fingerprint density at radius 3 is 3.00 bits per heavy atom. The number of amides is 1. The Morgan fingerprint density at radius 1 is 1.50 bits per heavy atom. The van der Waals surface area contributed by atoms with Gasteiger partial charge in [-0.3, -0.25) is 10.0 Å². The minimum Gasteiger partial charge on any atom is -0.284 e. The molecule has 2 rings (SSSR count). The number of carbonyl (C=O) groups excluding carboxylic acids is 1. The zero-order chi connectivity index (χ0) is 8.72. The molecule has 0 aromatic carbocycles. The topological polar surface area (TPSA) is 77.6 Å². The Labute approximate surface area is 80.8 Å². The number of amidine groups is 1. The number of carbonyl (C=O) groups is 1. The van der Waals surface area contributed by atoms with E-state index in [2.05, 4.69) is 15.2 Å². The normalized spacial score (nSPS) is 21.7. The molecule has 0 aromatic heterocycles. The van der Waals surface area contributed by atoms with Crippen molar-refractivity contribution in [2.24, 2.45) is 15.2 Å².